The molecule has 0 atom stereocenters. The summed E-state index contributed by atoms with van der Waals surface area (Å²) in [5, 5.41) is 3.27. The monoisotopic (exact) mass is 447 g/mol. The van der Waals surface area contributed by atoms with Crippen LogP contribution in [0.3, 0.4) is 0 Å². The lowest BCUT2D eigenvalue weighted by Crippen LogP contribution is -2.22. The van der Waals surface area contributed by atoms with Crippen LogP contribution in [0, 0.1) is 6.92 Å². The van der Waals surface area contributed by atoms with Crippen LogP contribution in [0.25, 0.3) is 16.6 Å². The van der Waals surface area contributed by atoms with Crippen molar-refractivity contribution in [3.05, 3.63) is 94.5 Å². The van der Waals surface area contributed by atoms with Gasteiger partial charge in [0.1, 0.15) is 5.82 Å². The first kappa shape index (κ1) is 21.5. The second kappa shape index (κ2) is 8.39. The van der Waals surface area contributed by atoms with Gasteiger partial charge in [-0.3, -0.25) is 14.2 Å². The highest BCUT2D eigenvalue weighted by molar-refractivity contribution is 7.91. The number of amides is 1. The lowest BCUT2D eigenvalue weighted by molar-refractivity contribution is 0.102. The third-order valence-corrected chi connectivity index (χ3v) is 6.93. The third-order valence-electron chi connectivity index (χ3n) is 5.18. The molecule has 162 valence electrons. The first-order valence-electron chi connectivity index (χ1n) is 10.0. The van der Waals surface area contributed by atoms with Gasteiger partial charge in [0, 0.05) is 11.3 Å². The van der Waals surface area contributed by atoms with E-state index in [1.54, 1.807) is 68.4 Å². The molecule has 0 spiro atoms. The first-order valence-corrected chi connectivity index (χ1v) is 11.7. The number of fused-ring (bicyclic) bond motifs is 1. The fourth-order valence-electron chi connectivity index (χ4n) is 3.43. The van der Waals surface area contributed by atoms with E-state index >= 15 is 0 Å². The molecule has 4 rings (SSSR count). The van der Waals surface area contributed by atoms with Gasteiger partial charge in [-0.05, 0) is 67.6 Å². The molecular weight excluding hydrogens is 426 g/mol. The van der Waals surface area contributed by atoms with Crippen molar-refractivity contribution in [2.24, 2.45) is 0 Å². The molecule has 0 saturated carbocycles. The molecule has 4 aromatic rings. The lowest BCUT2D eigenvalue weighted by Gasteiger charge is -2.12. The van der Waals surface area contributed by atoms with Crippen LogP contribution in [0.5, 0.6) is 0 Å². The van der Waals surface area contributed by atoms with Crippen LogP contribution >= 0.6 is 0 Å². The van der Waals surface area contributed by atoms with Gasteiger partial charge in [-0.2, -0.15) is 0 Å². The Hall–Kier alpha value is -3.78. The summed E-state index contributed by atoms with van der Waals surface area (Å²) >= 11 is 0. The van der Waals surface area contributed by atoms with Crippen LogP contribution in [0.1, 0.15) is 23.1 Å². The van der Waals surface area contributed by atoms with E-state index in [0.29, 0.717) is 33.7 Å². The van der Waals surface area contributed by atoms with Crippen LogP contribution in [0.15, 0.2) is 82.5 Å². The Labute approximate surface area is 185 Å². The Morgan fingerprint density at radius 2 is 1.62 bits per heavy atom. The minimum absolute atomic E-state index is 0.0142. The minimum Gasteiger partial charge on any atom is -0.322 e. The highest BCUT2D eigenvalue weighted by atomic mass is 32.2. The molecule has 0 aliphatic heterocycles. The third kappa shape index (κ3) is 4.04. The van der Waals surface area contributed by atoms with Gasteiger partial charge in [0.2, 0.25) is 0 Å². The van der Waals surface area contributed by atoms with Gasteiger partial charge in [-0.15, -0.1) is 0 Å². The second-order valence-corrected chi connectivity index (χ2v) is 9.52. The zero-order valence-electron chi connectivity index (χ0n) is 17.6. The largest absolute Gasteiger partial charge is 0.322 e. The maximum absolute atomic E-state index is 12.9. The first-order chi connectivity index (χ1) is 15.3. The van der Waals surface area contributed by atoms with Crippen LogP contribution in [0.4, 0.5) is 5.69 Å². The number of benzene rings is 3. The molecule has 3 aromatic carbocycles. The minimum atomic E-state index is -3.29. The van der Waals surface area contributed by atoms with Gasteiger partial charge < -0.3 is 5.32 Å². The van der Waals surface area contributed by atoms with E-state index in [4.69, 9.17) is 0 Å². The molecule has 1 aromatic heterocycles. The van der Waals surface area contributed by atoms with E-state index in [2.05, 4.69) is 10.3 Å². The number of nitrogens with one attached hydrogen (secondary N) is 1. The molecule has 0 saturated heterocycles. The lowest BCUT2D eigenvalue weighted by atomic mass is 10.1. The molecule has 7 nitrogen and oxygen atoms in total. The molecule has 0 unspecified atom stereocenters. The number of aryl methyl sites for hydroxylation is 1. The normalized spacial score (nSPS) is 11.4. The number of anilines is 1. The van der Waals surface area contributed by atoms with Gasteiger partial charge in [-0.1, -0.05) is 19.1 Å². The Morgan fingerprint density at radius 1 is 0.969 bits per heavy atom. The van der Waals surface area contributed by atoms with Crippen molar-refractivity contribution in [2.45, 2.75) is 18.7 Å². The van der Waals surface area contributed by atoms with Crippen LogP contribution in [-0.4, -0.2) is 29.6 Å². The average molecular weight is 448 g/mol. The van der Waals surface area contributed by atoms with E-state index < -0.39 is 9.84 Å². The summed E-state index contributed by atoms with van der Waals surface area (Å²) in [6.45, 7) is 3.34. The zero-order valence-corrected chi connectivity index (χ0v) is 18.4. The Balaban J connectivity index is 1.57. The predicted octanol–water partition coefficient (Wildman–Crippen LogP) is 3.74. The molecule has 0 fully saturated rings. The summed E-state index contributed by atoms with van der Waals surface area (Å²) in [7, 11) is -3.29. The van der Waals surface area contributed by atoms with Gasteiger partial charge in [-0.25, -0.2) is 13.4 Å². The number of hydrogen-bond acceptors (Lipinski definition) is 5. The molecule has 0 aliphatic rings. The summed E-state index contributed by atoms with van der Waals surface area (Å²) in [6.07, 6.45) is 0. The van der Waals surface area contributed by atoms with E-state index in [1.807, 2.05) is 6.07 Å². The average Bonchev–Trinajstić information content (AvgIpc) is 2.80. The summed E-state index contributed by atoms with van der Waals surface area (Å²) in [5.74, 6) is 0.219. The molecule has 1 amide bonds. The number of carbonyl (C=O) groups excluding carboxylic acids is 1. The predicted molar refractivity (Wildman–Crippen MR) is 124 cm³/mol. The van der Waals surface area contributed by atoms with Gasteiger partial charge in [0.15, 0.2) is 9.84 Å². The van der Waals surface area contributed by atoms with Crippen molar-refractivity contribution in [3.8, 4) is 5.69 Å². The Bertz CT molecular complexity index is 1470. The van der Waals surface area contributed by atoms with Crippen molar-refractivity contribution >= 4 is 32.3 Å². The maximum Gasteiger partial charge on any atom is 0.265 e. The fraction of sp³-hybridized carbons (Fsp3) is 0.125. The van der Waals surface area contributed by atoms with Gasteiger partial charge >= 0.3 is 0 Å². The summed E-state index contributed by atoms with van der Waals surface area (Å²) in [4.78, 5) is 30.2. The molecule has 0 radical (unpaired) electrons. The van der Waals surface area contributed by atoms with Crippen LogP contribution in [0.2, 0.25) is 0 Å². The Kier molecular flexibility index (Phi) is 5.63. The van der Waals surface area contributed by atoms with Crippen molar-refractivity contribution in [1.82, 2.24) is 9.55 Å². The summed E-state index contributed by atoms with van der Waals surface area (Å²) in [6, 6.07) is 19.8. The molecule has 0 aliphatic carbocycles. The molecule has 0 bridgehead atoms. The van der Waals surface area contributed by atoms with E-state index in [9.17, 15) is 18.0 Å². The quantitative estimate of drug-likeness (QED) is 0.503. The number of nitrogens with zero attached hydrogens (tertiary/aromatic N) is 2. The van der Waals surface area contributed by atoms with Crippen molar-refractivity contribution in [1.29, 1.82) is 0 Å². The molecular formula is C24H21N3O4S. The van der Waals surface area contributed by atoms with Gasteiger partial charge in [0.25, 0.3) is 11.5 Å². The molecule has 32 heavy (non-hydrogen) atoms. The smallest absolute Gasteiger partial charge is 0.265 e. The molecule has 1 heterocycles. The second-order valence-electron chi connectivity index (χ2n) is 7.25. The van der Waals surface area contributed by atoms with Crippen LogP contribution in [-0.2, 0) is 9.84 Å². The van der Waals surface area contributed by atoms with Crippen molar-refractivity contribution in [3.63, 3.8) is 0 Å². The number of sulfone groups is 1. The van der Waals surface area contributed by atoms with Crippen LogP contribution < -0.4 is 10.9 Å². The summed E-state index contributed by atoms with van der Waals surface area (Å²) < 4.78 is 25.3. The SMILES string of the molecule is CCS(=O)(=O)c1ccc(NC(=O)c2ccc(-n3c(C)nc4ccccc4c3=O)cc2)cc1. The summed E-state index contributed by atoms with van der Waals surface area (Å²) in [5.41, 5.74) is 1.96. The Morgan fingerprint density at radius 3 is 2.28 bits per heavy atom. The molecule has 8 heteroatoms. The highest BCUT2D eigenvalue weighted by Crippen LogP contribution is 2.17. The maximum atomic E-state index is 12.9. The highest BCUT2D eigenvalue weighted by Gasteiger charge is 2.13. The van der Waals surface area contributed by atoms with Crippen molar-refractivity contribution < 1.29 is 13.2 Å². The topological polar surface area (TPSA) is 98.1 Å². The fourth-order valence-corrected chi connectivity index (χ4v) is 4.31. The van der Waals surface area contributed by atoms with Crippen molar-refractivity contribution in [2.75, 3.05) is 11.1 Å². The number of aromatic nitrogens is 2. The zero-order chi connectivity index (χ0) is 22.9. The number of para-hydroxylation sites is 1. The van der Waals surface area contributed by atoms with E-state index in [-0.39, 0.29) is 22.1 Å². The number of rotatable bonds is 5. The molecule has 1 N–H and O–H groups in total. The standard InChI is InChI=1S/C24H21N3O4S/c1-3-32(30,31)20-14-10-18(11-15-20)26-23(28)17-8-12-19(13-9-17)27-16(2)25-22-7-5-4-6-21(22)24(27)29/h4-15H,3H2,1-2H3,(H,26,28). The number of carbonyl (C=O) groups is 1. The van der Waals surface area contributed by atoms with E-state index in [0.717, 1.165) is 0 Å². The van der Waals surface area contributed by atoms with E-state index in [1.165, 1.54) is 16.7 Å². The van der Waals surface area contributed by atoms with Gasteiger partial charge in [0.05, 0.1) is 27.2 Å². The number of hydrogen-bond donors (Lipinski definition) is 1.